The first-order chi connectivity index (χ1) is 13.0. The molecule has 0 unspecified atom stereocenters. The molecule has 0 fully saturated rings. The van der Waals surface area contributed by atoms with Crippen molar-refractivity contribution in [3.05, 3.63) is 62.7 Å². The lowest BCUT2D eigenvalue weighted by Crippen LogP contribution is -2.18. The van der Waals surface area contributed by atoms with Crippen molar-refractivity contribution < 1.29 is 0 Å². The molecule has 3 aromatic heterocycles. The highest BCUT2D eigenvalue weighted by atomic mass is 32.2. The zero-order valence-corrected chi connectivity index (χ0v) is 17.8. The molecule has 0 N–H and O–H groups in total. The van der Waals surface area contributed by atoms with Crippen molar-refractivity contribution >= 4 is 44.7 Å². The van der Waals surface area contributed by atoms with Crippen molar-refractivity contribution in [3.63, 3.8) is 0 Å². The van der Waals surface area contributed by atoms with Gasteiger partial charge in [0.05, 0.1) is 11.2 Å². The first-order valence-corrected chi connectivity index (χ1v) is 11.4. The fraction of sp³-hybridized carbons (Fsp3) is 0.250. The van der Waals surface area contributed by atoms with Crippen LogP contribution < -0.4 is 5.56 Å². The summed E-state index contributed by atoms with van der Waals surface area (Å²) in [5.74, 6) is 1.22. The Bertz CT molecular complexity index is 1140. The second-order valence-electron chi connectivity index (χ2n) is 6.60. The number of aromatic nitrogens is 3. The van der Waals surface area contributed by atoms with Gasteiger partial charge in [0.2, 0.25) is 0 Å². The van der Waals surface area contributed by atoms with Crippen molar-refractivity contribution in [2.24, 2.45) is 7.05 Å². The number of fused-ring (bicyclic) bond motifs is 1. The van der Waals surface area contributed by atoms with Crippen molar-refractivity contribution in [1.29, 1.82) is 0 Å². The van der Waals surface area contributed by atoms with E-state index < -0.39 is 0 Å². The standard InChI is InChI=1S/C20H19N3OS3/c1-12(2)13-4-6-14(7-5-13)18-21-15(10-26-18)11-27-20-22-16-8-9-25-17(16)19(24)23(20)3/h4-10,12H,11H2,1-3H3. The van der Waals surface area contributed by atoms with E-state index in [1.807, 2.05) is 11.4 Å². The van der Waals surface area contributed by atoms with E-state index >= 15 is 0 Å². The van der Waals surface area contributed by atoms with Gasteiger partial charge >= 0.3 is 0 Å². The predicted octanol–water partition coefficient (Wildman–Crippen LogP) is 5.53. The summed E-state index contributed by atoms with van der Waals surface area (Å²) in [6.45, 7) is 4.39. The van der Waals surface area contributed by atoms with E-state index in [-0.39, 0.29) is 5.56 Å². The van der Waals surface area contributed by atoms with Gasteiger partial charge in [-0.2, -0.15) is 0 Å². The van der Waals surface area contributed by atoms with Crippen LogP contribution in [0.5, 0.6) is 0 Å². The highest BCUT2D eigenvalue weighted by molar-refractivity contribution is 7.98. The average Bonchev–Trinajstić information content (AvgIpc) is 3.33. The molecule has 0 amide bonds. The minimum absolute atomic E-state index is 0.0155. The molecule has 4 rings (SSSR count). The molecule has 4 nitrogen and oxygen atoms in total. The highest BCUT2D eigenvalue weighted by Crippen LogP contribution is 2.29. The van der Waals surface area contributed by atoms with Crippen molar-refractivity contribution in [1.82, 2.24) is 14.5 Å². The van der Waals surface area contributed by atoms with Gasteiger partial charge in [-0.1, -0.05) is 49.9 Å². The van der Waals surface area contributed by atoms with Gasteiger partial charge in [-0.3, -0.25) is 9.36 Å². The summed E-state index contributed by atoms with van der Waals surface area (Å²) in [6, 6.07) is 10.5. The number of hydrogen-bond acceptors (Lipinski definition) is 6. The third kappa shape index (κ3) is 3.72. The fourth-order valence-corrected chi connectivity index (χ4v) is 5.35. The van der Waals surface area contributed by atoms with E-state index in [9.17, 15) is 4.79 Å². The molecule has 4 aromatic rings. The molecule has 0 aliphatic rings. The van der Waals surface area contributed by atoms with E-state index in [1.54, 1.807) is 34.7 Å². The zero-order chi connectivity index (χ0) is 19.0. The topological polar surface area (TPSA) is 47.8 Å². The third-order valence-corrected chi connectivity index (χ3v) is 7.27. The fourth-order valence-electron chi connectivity index (χ4n) is 2.75. The van der Waals surface area contributed by atoms with Crippen molar-refractivity contribution in [3.8, 4) is 10.6 Å². The van der Waals surface area contributed by atoms with Crippen molar-refractivity contribution in [2.45, 2.75) is 30.7 Å². The Labute approximate surface area is 169 Å². The van der Waals surface area contributed by atoms with Crippen LogP contribution in [0.25, 0.3) is 20.8 Å². The van der Waals surface area contributed by atoms with Gasteiger partial charge < -0.3 is 0 Å². The number of nitrogens with zero attached hydrogens (tertiary/aromatic N) is 3. The largest absolute Gasteiger partial charge is 0.290 e. The molecule has 0 saturated carbocycles. The molecular weight excluding hydrogens is 394 g/mol. The minimum Gasteiger partial charge on any atom is -0.290 e. The highest BCUT2D eigenvalue weighted by Gasteiger charge is 2.11. The van der Waals surface area contributed by atoms with E-state index in [0.29, 0.717) is 16.4 Å². The molecule has 0 radical (unpaired) electrons. The lowest BCUT2D eigenvalue weighted by atomic mass is 10.0. The molecular formula is C20H19N3OS3. The van der Waals surface area contributed by atoms with Crippen LogP contribution in [-0.2, 0) is 12.8 Å². The van der Waals surface area contributed by atoms with Crippen LogP contribution in [0.15, 0.2) is 51.0 Å². The smallest absolute Gasteiger partial charge is 0.271 e. The van der Waals surface area contributed by atoms with E-state index in [2.05, 4.69) is 48.5 Å². The third-order valence-electron chi connectivity index (χ3n) is 4.37. The minimum atomic E-state index is 0.0155. The molecule has 1 aromatic carbocycles. The summed E-state index contributed by atoms with van der Waals surface area (Å²) >= 11 is 4.64. The number of thioether (sulfide) groups is 1. The average molecular weight is 414 g/mol. The Morgan fingerprint density at radius 2 is 1.89 bits per heavy atom. The van der Waals surface area contributed by atoms with Gasteiger partial charge in [0.1, 0.15) is 9.71 Å². The van der Waals surface area contributed by atoms with Crippen LogP contribution in [0.4, 0.5) is 0 Å². The lowest BCUT2D eigenvalue weighted by molar-refractivity contribution is 0.727. The van der Waals surface area contributed by atoms with Gasteiger partial charge in [-0.25, -0.2) is 9.97 Å². The SMILES string of the molecule is CC(C)c1ccc(-c2nc(CSc3nc4ccsc4c(=O)n3C)cs2)cc1. The number of benzene rings is 1. The summed E-state index contributed by atoms with van der Waals surface area (Å²) in [7, 11) is 1.78. The Morgan fingerprint density at radius 3 is 2.63 bits per heavy atom. The van der Waals surface area contributed by atoms with Gasteiger partial charge in [0.25, 0.3) is 5.56 Å². The van der Waals surface area contributed by atoms with E-state index in [0.717, 1.165) is 26.9 Å². The van der Waals surface area contributed by atoms with Gasteiger partial charge in [-0.05, 0) is 22.9 Å². The van der Waals surface area contributed by atoms with Crippen LogP contribution in [0, 0.1) is 0 Å². The summed E-state index contributed by atoms with van der Waals surface area (Å²) in [6.07, 6.45) is 0. The van der Waals surface area contributed by atoms with Gasteiger partial charge in [0, 0.05) is 23.7 Å². The number of hydrogen-bond donors (Lipinski definition) is 0. The Kier molecular flexibility index (Phi) is 5.16. The summed E-state index contributed by atoms with van der Waals surface area (Å²) < 4.78 is 2.34. The first-order valence-electron chi connectivity index (χ1n) is 8.64. The predicted molar refractivity (Wildman–Crippen MR) is 116 cm³/mol. The second-order valence-corrected chi connectivity index (χ2v) is 9.32. The summed E-state index contributed by atoms with van der Waals surface area (Å²) in [5.41, 5.74) is 4.27. The number of rotatable bonds is 5. The first kappa shape index (κ1) is 18.4. The molecule has 3 heterocycles. The molecule has 0 bridgehead atoms. The zero-order valence-electron chi connectivity index (χ0n) is 15.3. The number of thiazole rings is 1. The Hall–Kier alpha value is -1.96. The lowest BCUT2D eigenvalue weighted by Gasteiger charge is -2.06. The molecule has 0 aliphatic carbocycles. The maximum atomic E-state index is 12.4. The number of thiophene rings is 1. The van der Waals surface area contributed by atoms with Crippen molar-refractivity contribution in [2.75, 3.05) is 0 Å². The van der Waals surface area contributed by atoms with E-state index in [4.69, 9.17) is 4.98 Å². The summed E-state index contributed by atoms with van der Waals surface area (Å²) in [5, 5.41) is 5.74. The maximum Gasteiger partial charge on any atom is 0.271 e. The van der Waals surface area contributed by atoms with Gasteiger partial charge in [-0.15, -0.1) is 22.7 Å². The molecule has 138 valence electrons. The van der Waals surface area contributed by atoms with Crippen LogP contribution in [0.1, 0.15) is 31.0 Å². The molecule has 0 saturated heterocycles. The van der Waals surface area contributed by atoms with Crippen LogP contribution in [0.3, 0.4) is 0 Å². The molecule has 0 atom stereocenters. The van der Waals surface area contributed by atoms with Crippen LogP contribution in [-0.4, -0.2) is 14.5 Å². The van der Waals surface area contributed by atoms with Gasteiger partial charge in [0.15, 0.2) is 5.16 Å². The monoisotopic (exact) mass is 413 g/mol. The molecule has 27 heavy (non-hydrogen) atoms. The van der Waals surface area contributed by atoms with E-state index in [1.165, 1.54) is 16.9 Å². The Morgan fingerprint density at radius 1 is 1.11 bits per heavy atom. The maximum absolute atomic E-state index is 12.4. The van der Waals surface area contributed by atoms with Crippen LogP contribution >= 0.6 is 34.4 Å². The molecule has 0 aliphatic heterocycles. The normalized spacial score (nSPS) is 11.6. The summed E-state index contributed by atoms with van der Waals surface area (Å²) in [4.78, 5) is 21.8. The second kappa shape index (κ2) is 7.58. The molecule has 0 spiro atoms. The molecule has 7 heteroatoms. The quantitative estimate of drug-likeness (QED) is 0.319. The Balaban J connectivity index is 1.52. The van der Waals surface area contributed by atoms with Crippen LogP contribution in [0.2, 0.25) is 0 Å².